The van der Waals surface area contributed by atoms with Crippen LogP contribution in [-0.2, 0) is 6.42 Å². The van der Waals surface area contributed by atoms with Crippen LogP contribution in [0.15, 0.2) is 60.1 Å². The molecule has 4 rings (SSSR count). The van der Waals surface area contributed by atoms with Gasteiger partial charge in [-0.2, -0.15) is 0 Å². The molecule has 2 heterocycles. The molecule has 9 heteroatoms. The molecule has 0 saturated heterocycles. The number of halogens is 3. The number of aryl methyl sites for hydroxylation is 1. The Kier molecular flexibility index (Phi) is 3.70. The van der Waals surface area contributed by atoms with Crippen LogP contribution in [-0.4, -0.2) is 16.9 Å². The van der Waals surface area contributed by atoms with E-state index in [0.29, 0.717) is 29.5 Å². The molecule has 0 spiro atoms. The van der Waals surface area contributed by atoms with E-state index in [-0.39, 0.29) is 5.69 Å². The number of rotatable bonds is 2. The lowest BCUT2D eigenvalue weighted by Crippen LogP contribution is -2.46. The van der Waals surface area contributed by atoms with Gasteiger partial charge in [0.15, 0.2) is 0 Å². The van der Waals surface area contributed by atoms with Gasteiger partial charge < -0.3 is 9.84 Å². The molecule has 1 N–H and O–H groups in total. The number of nitrogens with zero attached hydrogens (tertiary/aromatic N) is 3. The smallest absolute Gasteiger partial charge is 0.573 e. The Bertz CT molecular complexity index is 868. The summed E-state index contributed by atoms with van der Waals surface area (Å²) in [4.78, 5) is 0. The van der Waals surface area contributed by atoms with E-state index in [1.807, 2.05) is 12.1 Å². The predicted octanol–water partition coefficient (Wildman–Crippen LogP) is 2.91. The maximum Gasteiger partial charge on any atom is 0.573 e. The van der Waals surface area contributed by atoms with Crippen LogP contribution in [0, 0.1) is 0 Å². The molecule has 0 fully saturated rings. The minimum Gasteiger partial charge on any atom is -0.858 e. The van der Waals surface area contributed by atoms with E-state index in [1.54, 1.807) is 12.1 Å². The Morgan fingerprint density at radius 3 is 2.35 bits per heavy atom. The lowest BCUT2D eigenvalue weighted by molar-refractivity contribution is -0.314. The third-order valence-electron chi connectivity index (χ3n) is 4.22. The predicted molar refractivity (Wildman–Crippen MR) is 83.5 cm³/mol. The van der Waals surface area contributed by atoms with Crippen molar-refractivity contribution in [2.75, 3.05) is 10.0 Å². The van der Waals surface area contributed by atoms with Crippen molar-refractivity contribution in [1.29, 1.82) is 0 Å². The zero-order valence-electron chi connectivity index (χ0n) is 13.3. The van der Waals surface area contributed by atoms with Crippen molar-refractivity contribution in [3.63, 3.8) is 0 Å². The molecule has 2 aliphatic rings. The summed E-state index contributed by atoms with van der Waals surface area (Å²) in [6.07, 6.45) is -3.69. The average Bonchev–Trinajstić information content (AvgIpc) is 2.86. The first-order valence-corrected chi connectivity index (χ1v) is 7.78. The van der Waals surface area contributed by atoms with Crippen molar-refractivity contribution in [3.8, 4) is 5.75 Å². The van der Waals surface area contributed by atoms with E-state index in [0.717, 1.165) is 22.7 Å². The SMILES string of the molecule is [O-]C1=C2CCc3ccccc3N2N(O)N1c1ccc(OC(F)(F)F)cc1. The Labute approximate surface area is 146 Å². The maximum atomic E-state index is 12.7. The number of hydrogen-bond acceptors (Lipinski definition) is 6. The lowest BCUT2D eigenvalue weighted by atomic mass is 10.0. The molecule has 0 aromatic heterocycles. The third-order valence-corrected chi connectivity index (χ3v) is 4.22. The number of allylic oxidation sites excluding steroid dienone is 1. The second kappa shape index (κ2) is 5.82. The number of alkyl halides is 3. The Hall–Kier alpha value is -2.91. The van der Waals surface area contributed by atoms with Crippen LogP contribution in [0.3, 0.4) is 0 Å². The first-order valence-electron chi connectivity index (χ1n) is 7.78. The molecule has 6 nitrogen and oxygen atoms in total. The molecule has 0 saturated carbocycles. The van der Waals surface area contributed by atoms with Crippen molar-refractivity contribution >= 4 is 11.4 Å². The standard InChI is InChI=1S/C17H14F3N3O3/c18-17(19,20)26-13-8-6-12(7-9-13)21-16(24)15-10-5-11-3-1-2-4-14(11)22(15)23(21)25/h1-4,6-9,24-25H,5,10H2/p-1. The van der Waals surface area contributed by atoms with Crippen molar-refractivity contribution in [2.24, 2.45) is 0 Å². The number of anilines is 2. The van der Waals surface area contributed by atoms with Crippen LogP contribution in [0.5, 0.6) is 5.75 Å². The summed E-state index contributed by atoms with van der Waals surface area (Å²) >= 11 is 0. The summed E-state index contributed by atoms with van der Waals surface area (Å²) < 4.78 is 40.6. The van der Waals surface area contributed by atoms with Gasteiger partial charge >= 0.3 is 6.36 Å². The summed E-state index contributed by atoms with van der Waals surface area (Å²) in [7, 11) is 0. The molecule has 136 valence electrons. The molecule has 0 radical (unpaired) electrons. The lowest BCUT2D eigenvalue weighted by Gasteiger charge is -2.35. The zero-order valence-corrected chi connectivity index (χ0v) is 13.3. The fraction of sp³-hybridized carbons (Fsp3) is 0.176. The highest BCUT2D eigenvalue weighted by Gasteiger charge is 2.37. The summed E-state index contributed by atoms with van der Waals surface area (Å²) in [5.74, 6) is -0.848. The first kappa shape index (κ1) is 16.6. The monoisotopic (exact) mass is 364 g/mol. The van der Waals surface area contributed by atoms with Gasteiger partial charge in [0.25, 0.3) is 0 Å². The molecular weight excluding hydrogens is 351 g/mol. The van der Waals surface area contributed by atoms with Gasteiger partial charge in [0.1, 0.15) is 5.75 Å². The number of hydrazine groups is 2. The van der Waals surface area contributed by atoms with Gasteiger partial charge in [-0.05, 0) is 48.7 Å². The second-order valence-electron chi connectivity index (χ2n) is 5.81. The fourth-order valence-corrected chi connectivity index (χ4v) is 3.14. The molecule has 0 unspecified atom stereocenters. The number of fused-ring (bicyclic) bond motifs is 3. The van der Waals surface area contributed by atoms with Crippen LogP contribution in [0.4, 0.5) is 24.5 Å². The second-order valence-corrected chi connectivity index (χ2v) is 5.81. The number of hydrogen-bond donors (Lipinski definition) is 1. The molecule has 0 aliphatic carbocycles. The normalized spacial score (nSPS) is 17.4. The molecule has 0 bridgehead atoms. The first-order chi connectivity index (χ1) is 12.3. The van der Waals surface area contributed by atoms with Gasteiger partial charge in [-0.15, -0.1) is 13.2 Å². The number of ether oxygens (including phenoxy) is 1. The molecule has 2 aliphatic heterocycles. The van der Waals surface area contributed by atoms with Crippen LogP contribution in [0.1, 0.15) is 12.0 Å². The van der Waals surface area contributed by atoms with Crippen LogP contribution < -0.4 is 19.9 Å². The summed E-state index contributed by atoms with van der Waals surface area (Å²) in [6.45, 7) is 0. The van der Waals surface area contributed by atoms with Crippen LogP contribution in [0.25, 0.3) is 0 Å². The summed E-state index contributed by atoms with van der Waals surface area (Å²) in [5.41, 5.74) is 2.27. The Morgan fingerprint density at radius 2 is 1.65 bits per heavy atom. The van der Waals surface area contributed by atoms with Gasteiger partial charge in [0, 0.05) is 11.2 Å². The number of benzene rings is 2. The minimum absolute atomic E-state index is 0.214. The Morgan fingerprint density at radius 1 is 0.962 bits per heavy atom. The maximum absolute atomic E-state index is 12.7. The van der Waals surface area contributed by atoms with Gasteiger partial charge in [-0.1, -0.05) is 18.2 Å². The van der Waals surface area contributed by atoms with Crippen LogP contribution in [0.2, 0.25) is 0 Å². The largest absolute Gasteiger partial charge is 0.858 e. The highest BCUT2D eigenvalue weighted by Crippen LogP contribution is 2.41. The molecule has 0 atom stereocenters. The van der Waals surface area contributed by atoms with E-state index in [2.05, 4.69) is 4.74 Å². The molecular formula is C17H13F3N3O3-. The highest BCUT2D eigenvalue weighted by atomic mass is 19.4. The van der Waals surface area contributed by atoms with E-state index in [4.69, 9.17) is 0 Å². The highest BCUT2D eigenvalue weighted by molar-refractivity contribution is 5.65. The Balaban J connectivity index is 1.66. The van der Waals surface area contributed by atoms with Crippen molar-refractivity contribution in [3.05, 3.63) is 65.7 Å². The van der Waals surface area contributed by atoms with E-state index in [9.17, 15) is 23.5 Å². The summed E-state index contributed by atoms with van der Waals surface area (Å²) in [6, 6.07) is 12.1. The minimum atomic E-state index is -4.80. The molecule has 2 aromatic carbocycles. The van der Waals surface area contributed by atoms with Gasteiger partial charge in [-0.25, -0.2) is 10.0 Å². The van der Waals surface area contributed by atoms with E-state index >= 15 is 0 Å². The van der Waals surface area contributed by atoms with Gasteiger partial charge in [0.05, 0.1) is 17.1 Å². The van der Waals surface area contributed by atoms with Crippen molar-refractivity contribution in [1.82, 2.24) is 5.28 Å². The average molecular weight is 364 g/mol. The molecule has 0 amide bonds. The molecule has 26 heavy (non-hydrogen) atoms. The fourth-order valence-electron chi connectivity index (χ4n) is 3.14. The summed E-state index contributed by atoms with van der Waals surface area (Å²) in [5, 5.41) is 26.3. The topological polar surface area (TPSA) is 62.2 Å². The zero-order chi connectivity index (χ0) is 18.5. The van der Waals surface area contributed by atoms with E-state index in [1.165, 1.54) is 17.1 Å². The van der Waals surface area contributed by atoms with Crippen molar-refractivity contribution in [2.45, 2.75) is 19.2 Å². The molecule has 2 aromatic rings. The third kappa shape index (κ3) is 2.71. The quantitative estimate of drug-likeness (QED) is 0.884. The van der Waals surface area contributed by atoms with E-state index < -0.39 is 18.0 Å². The van der Waals surface area contributed by atoms with Crippen molar-refractivity contribution < 1.29 is 28.2 Å². The van der Waals surface area contributed by atoms with Crippen LogP contribution >= 0.6 is 0 Å². The van der Waals surface area contributed by atoms with Gasteiger partial charge in [0.2, 0.25) is 0 Å². The van der Waals surface area contributed by atoms with Gasteiger partial charge in [-0.3, -0.25) is 5.21 Å². The number of para-hydroxylation sites is 1.